The van der Waals surface area contributed by atoms with Crippen LogP contribution in [0.25, 0.3) is 10.9 Å². The average Bonchev–Trinajstić information content (AvgIpc) is 2.65. The number of aryl methyl sites for hydroxylation is 1. The van der Waals surface area contributed by atoms with E-state index in [0.29, 0.717) is 6.54 Å². The van der Waals surface area contributed by atoms with Gasteiger partial charge in [-0.05, 0) is 20.0 Å². The summed E-state index contributed by atoms with van der Waals surface area (Å²) in [7, 11) is 3.39. The largest absolute Gasteiger partial charge is 0.495 e. The van der Waals surface area contributed by atoms with E-state index in [-0.39, 0.29) is 5.78 Å². The lowest BCUT2D eigenvalue weighted by molar-refractivity contribution is 0.0994. The molecule has 0 aliphatic rings. The minimum absolute atomic E-state index is 0.0875. The molecule has 0 atom stereocenters. The van der Waals surface area contributed by atoms with Crippen molar-refractivity contribution in [2.75, 3.05) is 20.7 Å². The molecule has 2 aromatic rings. The molecule has 0 spiro atoms. The van der Waals surface area contributed by atoms with Gasteiger partial charge in [0.1, 0.15) is 5.75 Å². The van der Waals surface area contributed by atoms with Crippen LogP contribution in [0.15, 0.2) is 18.2 Å². The van der Waals surface area contributed by atoms with Crippen LogP contribution in [0.2, 0.25) is 0 Å². The number of methoxy groups -OCH3 is 1. The number of benzene rings is 1. The van der Waals surface area contributed by atoms with Crippen LogP contribution in [0, 0.1) is 6.92 Å². The number of carbonyl (C=O) groups is 1. The van der Waals surface area contributed by atoms with Gasteiger partial charge in [-0.3, -0.25) is 4.79 Å². The fourth-order valence-corrected chi connectivity index (χ4v) is 2.10. The molecule has 2 rings (SSSR count). The van der Waals surface area contributed by atoms with Crippen LogP contribution >= 0.6 is 0 Å². The molecule has 4 nitrogen and oxygen atoms in total. The number of carbonyl (C=O) groups excluding carboxylic acids is 1. The third kappa shape index (κ3) is 1.91. The van der Waals surface area contributed by atoms with Gasteiger partial charge in [0.15, 0.2) is 5.78 Å². The summed E-state index contributed by atoms with van der Waals surface area (Å²) in [5.41, 5.74) is 2.50. The van der Waals surface area contributed by atoms with Crippen molar-refractivity contribution in [3.8, 4) is 5.75 Å². The quantitative estimate of drug-likeness (QED) is 0.791. The number of hydrogen-bond donors (Lipinski definition) is 2. The van der Waals surface area contributed by atoms with Crippen molar-refractivity contribution < 1.29 is 9.53 Å². The molecular formula is C13H16N2O2. The van der Waals surface area contributed by atoms with Crippen LogP contribution in [-0.2, 0) is 0 Å². The number of Topliss-reactive ketones (excluding diaryl/α,β-unsaturated/α-hetero) is 1. The van der Waals surface area contributed by atoms with E-state index in [0.717, 1.165) is 27.9 Å². The monoisotopic (exact) mass is 232 g/mol. The molecule has 0 radical (unpaired) electrons. The highest BCUT2D eigenvalue weighted by atomic mass is 16.5. The highest BCUT2D eigenvalue weighted by Crippen LogP contribution is 2.29. The lowest BCUT2D eigenvalue weighted by Crippen LogP contribution is -2.18. The SMILES string of the molecule is CNCC(=O)c1c(C)[nH]c2c(OC)cccc12. The summed E-state index contributed by atoms with van der Waals surface area (Å²) in [4.78, 5) is 15.2. The van der Waals surface area contributed by atoms with Crippen molar-refractivity contribution in [2.45, 2.75) is 6.92 Å². The summed E-state index contributed by atoms with van der Waals surface area (Å²) in [5.74, 6) is 0.846. The number of hydrogen-bond acceptors (Lipinski definition) is 3. The number of para-hydroxylation sites is 1. The van der Waals surface area contributed by atoms with Crippen LogP contribution in [0.1, 0.15) is 16.1 Å². The maximum Gasteiger partial charge on any atom is 0.179 e. The lowest BCUT2D eigenvalue weighted by Gasteiger charge is -2.02. The molecule has 17 heavy (non-hydrogen) atoms. The van der Waals surface area contributed by atoms with Gasteiger partial charge in [-0.2, -0.15) is 0 Å². The lowest BCUT2D eigenvalue weighted by atomic mass is 10.1. The Balaban J connectivity index is 2.64. The smallest absolute Gasteiger partial charge is 0.179 e. The van der Waals surface area contributed by atoms with E-state index in [9.17, 15) is 4.79 Å². The summed E-state index contributed by atoms with van der Waals surface area (Å²) in [6.07, 6.45) is 0. The Kier molecular flexibility index (Phi) is 3.15. The van der Waals surface area contributed by atoms with Gasteiger partial charge in [0.2, 0.25) is 0 Å². The predicted octanol–water partition coefficient (Wildman–Crippen LogP) is 1.89. The second-order valence-corrected chi connectivity index (χ2v) is 3.96. The zero-order chi connectivity index (χ0) is 12.4. The van der Waals surface area contributed by atoms with Crippen LogP contribution in [0.5, 0.6) is 5.75 Å². The van der Waals surface area contributed by atoms with Gasteiger partial charge in [-0.25, -0.2) is 0 Å². The summed E-state index contributed by atoms with van der Waals surface area (Å²) < 4.78 is 5.28. The van der Waals surface area contributed by atoms with E-state index < -0.39 is 0 Å². The van der Waals surface area contributed by atoms with Crippen molar-refractivity contribution in [2.24, 2.45) is 0 Å². The van der Waals surface area contributed by atoms with E-state index in [2.05, 4.69) is 10.3 Å². The van der Waals surface area contributed by atoms with Gasteiger partial charge >= 0.3 is 0 Å². The minimum atomic E-state index is 0.0875. The van der Waals surface area contributed by atoms with Gasteiger partial charge in [0.05, 0.1) is 19.2 Å². The number of H-pyrrole nitrogens is 1. The Labute approximate surface area is 100.0 Å². The second kappa shape index (κ2) is 4.59. The van der Waals surface area contributed by atoms with Crippen molar-refractivity contribution in [3.63, 3.8) is 0 Å². The number of ether oxygens (including phenoxy) is 1. The van der Waals surface area contributed by atoms with Crippen LogP contribution in [0.4, 0.5) is 0 Å². The van der Waals surface area contributed by atoms with Gasteiger partial charge in [-0.1, -0.05) is 12.1 Å². The molecular weight excluding hydrogens is 216 g/mol. The van der Waals surface area contributed by atoms with E-state index in [1.165, 1.54) is 0 Å². The molecule has 1 aromatic heterocycles. The molecule has 90 valence electrons. The molecule has 1 aromatic carbocycles. The minimum Gasteiger partial charge on any atom is -0.495 e. The van der Waals surface area contributed by atoms with Crippen molar-refractivity contribution in [1.82, 2.24) is 10.3 Å². The number of aromatic amines is 1. The molecule has 4 heteroatoms. The maximum absolute atomic E-state index is 12.0. The Morgan fingerprint density at radius 1 is 1.47 bits per heavy atom. The molecule has 0 amide bonds. The van der Waals surface area contributed by atoms with Gasteiger partial charge in [-0.15, -0.1) is 0 Å². The topological polar surface area (TPSA) is 54.1 Å². The first-order valence-electron chi connectivity index (χ1n) is 5.52. The number of aromatic nitrogens is 1. The maximum atomic E-state index is 12.0. The number of fused-ring (bicyclic) bond motifs is 1. The Hall–Kier alpha value is -1.81. The van der Waals surface area contributed by atoms with Gasteiger partial charge < -0.3 is 15.0 Å². The molecule has 0 aliphatic carbocycles. The zero-order valence-corrected chi connectivity index (χ0v) is 10.3. The molecule has 0 bridgehead atoms. The first-order valence-corrected chi connectivity index (χ1v) is 5.52. The molecule has 0 aliphatic heterocycles. The fourth-order valence-electron chi connectivity index (χ4n) is 2.10. The Morgan fingerprint density at radius 2 is 2.24 bits per heavy atom. The van der Waals surface area contributed by atoms with E-state index in [1.54, 1.807) is 14.2 Å². The summed E-state index contributed by atoms with van der Waals surface area (Å²) in [6, 6.07) is 5.71. The van der Waals surface area contributed by atoms with Crippen molar-refractivity contribution >= 4 is 16.7 Å². The van der Waals surface area contributed by atoms with Gasteiger partial charge in [0, 0.05) is 16.6 Å². The Bertz CT molecular complexity index is 558. The normalized spacial score (nSPS) is 10.8. The average molecular weight is 232 g/mol. The molecule has 2 N–H and O–H groups in total. The number of nitrogens with one attached hydrogen (secondary N) is 2. The fraction of sp³-hybridized carbons (Fsp3) is 0.308. The molecule has 0 saturated carbocycles. The van der Waals surface area contributed by atoms with Crippen molar-refractivity contribution in [3.05, 3.63) is 29.5 Å². The third-order valence-corrected chi connectivity index (χ3v) is 2.82. The van der Waals surface area contributed by atoms with Crippen molar-refractivity contribution in [1.29, 1.82) is 0 Å². The summed E-state index contributed by atoms with van der Waals surface area (Å²) in [5, 5.41) is 3.80. The number of rotatable bonds is 4. The standard InChI is InChI=1S/C13H16N2O2/c1-8-12(10(16)7-14-2)9-5-4-6-11(17-3)13(9)15-8/h4-6,14-15H,7H2,1-3H3. The van der Waals surface area contributed by atoms with E-state index in [4.69, 9.17) is 4.74 Å². The third-order valence-electron chi connectivity index (χ3n) is 2.82. The number of likely N-dealkylation sites (N-methyl/N-ethyl adjacent to an activating group) is 1. The highest BCUT2D eigenvalue weighted by molar-refractivity contribution is 6.11. The van der Waals surface area contributed by atoms with Crippen LogP contribution in [-0.4, -0.2) is 31.5 Å². The predicted molar refractivity (Wildman–Crippen MR) is 67.8 cm³/mol. The van der Waals surface area contributed by atoms with E-state index in [1.807, 2.05) is 25.1 Å². The van der Waals surface area contributed by atoms with E-state index >= 15 is 0 Å². The highest BCUT2D eigenvalue weighted by Gasteiger charge is 2.16. The summed E-state index contributed by atoms with van der Waals surface area (Å²) >= 11 is 0. The molecule has 0 fully saturated rings. The second-order valence-electron chi connectivity index (χ2n) is 3.96. The first kappa shape index (κ1) is 11.7. The molecule has 1 heterocycles. The molecule has 0 saturated heterocycles. The first-order chi connectivity index (χ1) is 8.19. The van der Waals surface area contributed by atoms with Crippen LogP contribution in [0.3, 0.4) is 0 Å². The number of ketones is 1. The zero-order valence-electron chi connectivity index (χ0n) is 10.3. The van der Waals surface area contributed by atoms with Crippen LogP contribution < -0.4 is 10.1 Å². The van der Waals surface area contributed by atoms with Gasteiger partial charge in [0.25, 0.3) is 0 Å². The summed E-state index contributed by atoms with van der Waals surface area (Å²) in [6.45, 7) is 2.24. The molecule has 0 unspecified atom stereocenters. The Morgan fingerprint density at radius 3 is 2.88 bits per heavy atom.